The van der Waals surface area contributed by atoms with Crippen LogP contribution in [0.15, 0.2) is 79.0 Å². The Balaban J connectivity index is 1.46. The number of carbonyl (C=O) groups is 3. The number of likely N-dealkylation sites (tertiary alicyclic amines) is 1. The molecule has 0 N–H and O–H groups in total. The average Bonchev–Trinajstić information content (AvgIpc) is 3.33. The molecule has 3 aromatic rings. The summed E-state index contributed by atoms with van der Waals surface area (Å²) in [6.45, 7) is 0.179. The predicted molar refractivity (Wildman–Crippen MR) is 134 cm³/mol. The van der Waals surface area contributed by atoms with E-state index in [0.29, 0.717) is 5.02 Å². The maximum Gasteiger partial charge on any atom is 0.236 e. The number of carbonyl (C=O) groups excluding carboxylic acids is 3. The first-order valence-electron chi connectivity index (χ1n) is 11.4. The minimum atomic E-state index is -0.856. The van der Waals surface area contributed by atoms with Crippen molar-refractivity contribution in [2.75, 3.05) is 0 Å². The van der Waals surface area contributed by atoms with E-state index in [-0.39, 0.29) is 34.7 Å². The molecule has 3 aromatic carbocycles. The number of hydrogen-bond acceptors (Lipinski definition) is 4. The van der Waals surface area contributed by atoms with Gasteiger partial charge < -0.3 is 4.90 Å². The van der Waals surface area contributed by atoms with Crippen LogP contribution >= 0.6 is 23.2 Å². The Hall–Kier alpha value is -3.41. The largest absolute Gasteiger partial charge is 0.358 e. The summed E-state index contributed by atoms with van der Waals surface area (Å²) in [5.41, 5.74) is 3.06. The maximum absolute atomic E-state index is 13.9. The van der Waals surface area contributed by atoms with E-state index in [1.54, 1.807) is 12.1 Å². The van der Waals surface area contributed by atoms with Gasteiger partial charge in [-0.05, 0) is 41.0 Å². The number of benzene rings is 3. The molecule has 174 valence electrons. The normalized spacial score (nSPS) is 24.4. The van der Waals surface area contributed by atoms with Crippen LogP contribution in [0.1, 0.15) is 33.1 Å². The fourth-order valence-electron chi connectivity index (χ4n) is 5.69. The van der Waals surface area contributed by atoms with Gasteiger partial charge in [0.25, 0.3) is 0 Å². The van der Waals surface area contributed by atoms with Gasteiger partial charge in [0.05, 0.1) is 29.4 Å². The number of amides is 2. The molecular weight excluding hydrogens is 483 g/mol. The summed E-state index contributed by atoms with van der Waals surface area (Å²) in [6.07, 6.45) is 3.76. The van der Waals surface area contributed by atoms with Gasteiger partial charge in [0.2, 0.25) is 11.8 Å². The number of ketones is 1. The lowest BCUT2D eigenvalue weighted by molar-refractivity contribution is -0.142. The third-order valence-electron chi connectivity index (χ3n) is 7.20. The summed E-state index contributed by atoms with van der Waals surface area (Å²) in [7, 11) is 0. The van der Waals surface area contributed by atoms with Crippen LogP contribution in [0.5, 0.6) is 0 Å². The van der Waals surface area contributed by atoms with E-state index in [1.807, 2.05) is 71.8 Å². The molecule has 3 heterocycles. The fourth-order valence-corrected chi connectivity index (χ4v) is 6.19. The van der Waals surface area contributed by atoms with Crippen molar-refractivity contribution in [2.45, 2.75) is 18.6 Å². The number of Topliss-reactive ketones (excluding diaryl/α,β-unsaturated/α-hetero) is 1. The Morgan fingerprint density at radius 2 is 1.57 bits per heavy atom. The average molecular weight is 503 g/mol. The second-order valence-corrected chi connectivity index (χ2v) is 9.91. The molecule has 0 saturated carbocycles. The van der Waals surface area contributed by atoms with Crippen LogP contribution in [0.4, 0.5) is 0 Å². The Morgan fingerprint density at radius 3 is 2.34 bits per heavy atom. The lowest BCUT2D eigenvalue weighted by Crippen LogP contribution is -2.44. The molecule has 0 unspecified atom stereocenters. The molecule has 3 aliphatic rings. The van der Waals surface area contributed by atoms with Gasteiger partial charge in [-0.1, -0.05) is 77.8 Å². The zero-order valence-corrected chi connectivity index (χ0v) is 20.0. The Kier molecular flexibility index (Phi) is 5.28. The van der Waals surface area contributed by atoms with Crippen molar-refractivity contribution in [3.63, 3.8) is 0 Å². The molecular formula is C28H20Cl2N2O3. The molecule has 0 aromatic heterocycles. The molecule has 7 heteroatoms. The molecule has 6 rings (SSSR count). The van der Waals surface area contributed by atoms with E-state index in [0.717, 1.165) is 16.7 Å². The van der Waals surface area contributed by atoms with Crippen molar-refractivity contribution in [1.82, 2.24) is 9.80 Å². The summed E-state index contributed by atoms with van der Waals surface area (Å²) in [6, 6.07) is 20.6. The minimum Gasteiger partial charge on any atom is -0.358 e. The smallest absolute Gasteiger partial charge is 0.236 e. The first-order chi connectivity index (χ1) is 17.0. The number of hydrogen-bond donors (Lipinski definition) is 0. The van der Waals surface area contributed by atoms with Crippen LogP contribution < -0.4 is 0 Å². The Bertz CT molecular complexity index is 1400. The van der Waals surface area contributed by atoms with Crippen LogP contribution in [0.25, 0.3) is 6.08 Å². The predicted octanol–water partition coefficient (Wildman–Crippen LogP) is 5.39. The number of rotatable bonds is 4. The summed E-state index contributed by atoms with van der Waals surface area (Å²) < 4.78 is 0. The monoisotopic (exact) mass is 502 g/mol. The molecule has 5 nitrogen and oxygen atoms in total. The first-order valence-corrected chi connectivity index (χ1v) is 12.1. The number of nitrogens with zero attached hydrogens (tertiary/aromatic N) is 2. The quantitative estimate of drug-likeness (QED) is 0.354. The van der Waals surface area contributed by atoms with Crippen molar-refractivity contribution in [3.05, 3.63) is 111 Å². The third-order valence-corrected chi connectivity index (χ3v) is 7.75. The van der Waals surface area contributed by atoms with Gasteiger partial charge in [-0.15, -0.1) is 0 Å². The maximum atomic E-state index is 13.9. The highest BCUT2D eigenvalue weighted by Gasteiger charge is 2.64. The zero-order chi connectivity index (χ0) is 24.3. The van der Waals surface area contributed by atoms with Crippen molar-refractivity contribution in [2.24, 2.45) is 11.8 Å². The number of fused-ring (bicyclic) bond motifs is 5. The summed E-state index contributed by atoms with van der Waals surface area (Å²) >= 11 is 12.5. The van der Waals surface area contributed by atoms with Gasteiger partial charge in [-0.2, -0.15) is 0 Å². The minimum absolute atomic E-state index is 0.179. The lowest BCUT2D eigenvalue weighted by Gasteiger charge is -2.35. The highest BCUT2D eigenvalue weighted by Crippen LogP contribution is 2.53. The summed E-state index contributed by atoms with van der Waals surface area (Å²) in [5.74, 6) is -2.35. The number of imide groups is 1. The van der Waals surface area contributed by atoms with Crippen molar-refractivity contribution in [1.29, 1.82) is 0 Å². The van der Waals surface area contributed by atoms with Gasteiger partial charge in [0, 0.05) is 16.8 Å². The first kappa shape index (κ1) is 22.1. The van der Waals surface area contributed by atoms with E-state index in [9.17, 15) is 14.4 Å². The van der Waals surface area contributed by atoms with Gasteiger partial charge >= 0.3 is 0 Å². The summed E-state index contributed by atoms with van der Waals surface area (Å²) in [5, 5.41) is 0.642. The molecule has 0 bridgehead atoms. The Labute approximate surface area is 212 Å². The lowest BCUT2D eigenvalue weighted by atomic mass is 9.83. The summed E-state index contributed by atoms with van der Waals surface area (Å²) in [4.78, 5) is 44.7. The van der Waals surface area contributed by atoms with Crippen molar-refractivity contribution < 1.29 is 14.4 Å². The van der Waals surface area contributed by atoms with Gasteiger partial charge in [0.1, 0.15) is 6.04 Å². The van der Waals surface area contributed by atoms with Crippen LogP contribution in [0.2, 0.25) is 10.0 Å². The van der Waals surface area contributed by atoms with Gasteiger partial charge in [0.15, 0.2) is 5.78 Å². The topological polar surface area (TPSA) is 57.7 Å². The SMILES string of the molecule is O=C(c1ccc(Cl)cc1Cl)[C@@H]1[C@@H]2C(=O)N(Cc3ccccc3)C(=O)[C@@H]2[C@H]2c3ccccc3C=CN12. The van der Waals surface area contributed by atoms with Crippen molar-refractivity contribution in [3.8, 4) is 0 Å². The molecule has 2 amide bonds. The van der Waals surface area contributed by atoms with E-state index in [4.69, 9.17) is 23.2 Å². The Morgan fingerprint density at radius 1 is 0.857 bits per heavy atom. The second-order valence-electron chi connectivity index (χ2n) is 9.07. The van der Waals surface area contributed by atoms with Crippen LogP contribution in [-0.4, -0.2) is 33.4 Å². The molecule has 2 saturated heterocycles. The molecule has 0 spiro atoms. The second kappa shape index (κ2) is 8.36. The molecule has 4 atom stereocenters. The van der Waals surface area contributed by atoms with Crippen LogP contribution in [0.3, 0.4) is 0 Å². The number of halogens is 2. The van der Waals surface area contributed by atoms with Crippen LogP contribution in [0, 0.1) is 11.8 Å². The van der Waals surface area contributed by atoms with Crippen LogP contribution in [-0.2, 0) is 16.1 Å². The van der Waals surface area contributed by atoms with Gasteiger partial charge in [-0.25, -0.2) is 0 Å². The molecule has 3 aliphatic heterocycles. The fraction of sp³-hybridized carbons (Fsp3) is 0.179. The molecule has 0 radical (unpaired) electrons. The zero-order valence-electron chi connectivity index (χ0n) is 18.5. The van der Waals surface area contributed by atoms with Gasteiger partial charge in [-0.3, -0.25) is 19.3 Å². The van der Waals surface area contributed by atoms with E-state index in [1.165, 1.54) is 11.0 Å². The van der Waals surface area contributed by atoms with Crippen molar-refractivity contribution >= 4 is 46.9 Å². The highest BCUT2D eigenvalue weighted by molar-refractivity contribution is 6.37. The molecule has 2 fully saturated rings. The molecule has 35 heavy (non-hydrogen) atoms. The van der Waals surface area contributed by atoms with E-state index >= 15 is 0 Å². The molecule has 0 aliphatic carbocycles. The standard InChI is InChI=1S/C28H20Cl2N2O3/c29-18-10-11-20(21(30)14-18)26(33)25-23-22(24-19-9-5-4-8-17(19)12-13-31(24)25)27(34)32(28(23)35)15-16-6-2-1-3-7-16/h1-14,22-25H,15H2/t22-,23+,24+,25-/m0/s1. The van der Waals surface area contributed by atoms with E-state index in [2.05, 4.69) is 0 Å². The van der Waals surface area contributed by atoms with E-state index < -0.39 is 23.9 Å². The highest BCUT2D eigenvalue weighted by atomic mass is 35.5. The third kappa shape index (κ3) is 3.41.